The molecule has 0 aliphatic rings. The topological polar surface area (TPSA) is 64.6 Å². The maximum Gasteiger partial charge on any atom is 0.410 e. The van der Waals surface area contributed by atoms with Gasteiger partial charge in [-0.3, -0.25) is 10.1 Å². The molecule has 5 nitrogen and oxygen atoms in total. The Morgan fingerprint density at radius 1 is 1.24 bits per heavy atom. The van der Waals surface area contributed by atoms with Crippen LogP contribution in [0, 0.1) is 11.6 Å². The molecule has 1 amide bonds. The standard InChI is InChI=1S/C14H17F2NO4/c1-8(18)20-12(17-13(19)21-14(2,3)4)10-6-5-9(15)7-11(10)16/h5-7,12H,1-4H3,(H,17,19). The zero-order valence-electron chi connectivity index (χ0n) is 12.2. The van der Waals surface area contributed by atoms with Gasteiger partial charge < -0.3 is 9.47 Å². The van der Waals surface area contributed by atoms with Crippen molar-refractivity contribution in [2.45, 2.75) is 39.5 Å². The molecule has 0 aliphatic carbocycles. The third-order valence-electron chi connectivity index (χ3n) is 2.18. The van der Waals surface area contributed by atoms with E-state index in [1.54, 1.807) is 20.8 Å². The molecule has 0 saturated carbocycles. The van der Waals surface area contributed by atoms with Crippen LogP contribution in [0.1, 0.15) is 39.5 Å². The van der Waals surface area contributed by atoms with Crippen LogP contribution in [0.25, 0.3) is 0 Å². The normalized spacial score (nSPS) is 12.5. The van der Waals surface area contributed by atoms with Crippen molar-refractivity contribution in [1.29, 1.82) is 0 Å². The van der Waals surface area contributed by atoms with E-state index in [4.69, 9.17) is 9.47 Å². The molecule has 0 fully saturated rings. The predicted molar refractivity (Wildman–Crippen MR) is 70.2 cm³/mol. The number of esters is 1. The first-order chi connectivity index (χ1) is 9.58. The average Bonchev–Trinajstić information content (AvgIpc) is 2.24. The lowest BCUT2D eigenvalue weighted by molar-refractivity contribution is -0.148. The van der Waals surface area contributed by atoms with Crippen molar-refractivity contribution in [3.05, 3.63) is 35.4 Å². The van der Waals surface area contributed by atoms with E-state index in [0.717, 1.165) is 19.1 Å². The molecule has 21 heavy (non-hydrogen) atoms. The van der Waals surface area contributed by atoms with Crippen LogP contribution in [-0.4, -0.2) is 17.7 Å². The molecule has 0 saturated heterocycles. The van der Waals surface area contributed by atoms with Gasteiger partial charge >= 0.3 is 12.1 Å². The largest absolute Gasteiger partial charge is 0.444 e. The van der Waals surface area contributed by atoms with E-state index in [9.17, 15) is 18.4 Å². The number of halogens is 2. The Bertz CT molecular complexity index is 540. The molecular formula is C14H17F2NO4. The number of ether oxygens (including phenoxy) is 2. The number of alkyl carbamates (subject to hydrolysis) is 1. The van der Waals surface area contributed by atoms with Gasteiger partial charge in [0.2, 0.25) is 6.23 Å². The molecular weight excluding hydrogens is 284 g/mol. The fourth-order valence-corrected chi connectivity index (χ4v) is 1.47. The van der Waals surface area contributed by atoms with Crippen molar-refractivity contribution in [3.63, 3.8) is 0 Å². The molecule has 1 aromatic carbocycles. The first kappa shape index (κ1) is 16.9. The van der Waals surface area contributed by atoms with Gasteiger partial charge in [-0.15, -0.1) is 0 Å². The lowest BCUT2D eigenvalue weighted by Crippen LogP contribution is -2.36. The highest BCUT2D eigenvalue weighted by molar-refractivity contribution is 5.70. The Hall–Kier alpha value is -2.18. The molecule has 0 radical (unpaired) electrons. The van der Waals surface area contributed by atoms with Gasteiger partial charge in [0.05, 0.1) is 0 Å². The van der Waals surface area contributed by atoms with E-state index in [0.29, 0.717) is 6.07 Å². The predicted octanol–water partition coefficient (Wildman–Crippen LogP) is 3.05. The molecule has 1 atom stereocenters. The highest BCUT2D eigenvalue weighted by Gasteiger charge is 2.24. The summed E-state index contributed by atoms with van der Waals surface area (Å²) >= 11 is 0. The molecule has 116 valence electrons. The quantitative estimate of drug-likeness (QED) is 0.688. The summed E-state index contributed by atoms with van der Waals surface area (Å²) in [6, 6.07) is 2.70. The summed E-state index contributed by atoms with van der Waals surface area (Å²) in [5, 5.41) is 2.21. The van der Waals surface area contributed by atoms with E-state index in [2.05, 4.69) is 5.32 Å². The van der Waals surface area contributed by atoms with Crippen molar-refractivity contribution in [2.75, 3.05) is 0 Å². The van der Waals surface area contributed by atoms with E-state index < -0.39 is 35.5 Å². The van der Waals surface area contributed by atoms with Crippen molar-refractivity contribution in [1.82, 2.24) is 5.32 Å². The monoisotopic (exact) mass is 301 g/mol. The molecule has 0 heterocycles. The van der Waals surface area contributed by atoms with Crippen LogP contribution in [0.3, 0.4) is 0 Å². The smallest absolute Gasteiger partial charge is 0.410 e. The van der Waals surface area contributed by atoms with Gasteiger partial charge in [-0.05, 0) is 32.9 Å². The molecule has 0 aromatic heterocycles. The zero-order valence-corrected chi connectivity index (χ0v) is 12.2. The van der Waals surface area contributed by atoms with Crippen LogP contribution in [0.15, 0.2) is 18.2 Å². The third-order valence-corrected chi connectivity index (χ3v) is 2.18. The minimum absolute atomic E-state index is 0.183. The molecule has 1 rings (SSSR count). The van der Waals surface area contributed by atoms with E-state index in [-0.39, 0.29) is 5.56 Å². The van der Waals surface area contributed by atoms with Crippen LogP contribution < -0.4 is 5.32 Å². The van der Waals surface area contributed by atoms with Gasteiger partial charge in [-0.25, -0.2) is 13.6 Å². The molecule has 0 bridgehead atoms. The fraction of sp³-hybridized carbons (Fsp3) is 0.429. The van der Waals surface area contributed by atoms with Gasteiger partial charge in [0, 0.05) is 18.6 Å². The van der Waals surface area contributed by atoms with Crippen LogP contribution in [0.2, 0.25) is 0 Å². The van der Waals surface area contributed by atoms with Gasteiger partial charge in [-0.1, -0.05) is 0 Å². The number of amides is 1. The summed E-state index contributed by atoms with van der Waals surface area (Å²) < 4.78 is 36.4. The minimum Gasteiger partial charge on any atom is -0.444 e. The van der Waals surface area contributed by atoms with Gasteiger partial charge in [-0.2, -0.15) is 0 Å². The number of hydrogen-bond donors (Lipinski definition) is 1. The number of carbonyl (C=O) groups is 2. The molecule has 1 aromatic rings. The first-order valence-electron chi connectivity index (χ1n) is 6.20. The highest BCUT2D eigenvalue weighted by atomic mass is 19.1. The second-order valence-electron chi connectivity index (χ2n) is 5.30. The number of nitrogens with one attached hydrogen (secondary N) is 1. The second-order valence-corrected chi connectivity index (χ2v) is 5.30. The van der Waals surface area contributed by atoms with Crippen molar-refractivity contribution >= 4 is 12.1 Å². The summed E-state index contributed by atoms with van der Waals surface area (Å²) in [7, 11) is 0. The van der Waals surface area contributed by atoms with E-state index >= 15 is 0 Å². The van der Waals surface area contributed by atoms with Crippen LogP contribution in [0.4, 0.5) is 13.6 Å². The summed E-state index contributed by atoms with van der Waals surface area (Å²) in [6.45, 7) is 6.04. The zero-order chi connectivity index (χ0) is 16.2. The summed E-state index contributed by atoms with van der Waals surface area (Å²) in [4.78, 5) is 22.7. The maximum absolute atomic E-state index is 13.7. The highest BCUT2D eigenvalue weighted by Crippen LogP contribution is 2.20. The molecule has 1 N–H and O–H groups in total. The molecule has 1 unspecified atom stereocenters. The van der Waals surface area contributed by atoms with Crippen molar-refractivity contribution in [3.8, 4) is 0 Å². The van der Waals surface area contributed by atoms with E-state index in [1.165, 1.54) is 0 Å². The Balaban J connectivity index is 2.95. The van der Waals surface area contributed by atoms with Crippen LogP contribution in [-0.2, 0) is 14.3 Å². The Labute approximate surface area is 121 Å². The SMILES string of the molecule is CC(=O)OC(NC(=O)OC(C)(C)C)c1ccc(F)cc1F. The second kappa shape index (κ2) is 6.51. The number of rotatable bonds is 3. The minimum atomic E-state index is -1.40. The summed E-state index contributed by atoms with van der Waals surface area (Å²) in [5.74, 6) is -2.47. The average molecular weight is 301 g/mol. The van der Waals surface area contributed by atoms with Gasteiger partial charge in [0.25, 0.3) is 0 Å². The lowest BCUT2D eigenvalue weighted by Gasteiger charge is -2.23. The Morgan fingerprint density at radius 3 is 2.33 bits per heavy atom. The summed E-state index contributed by atoms with van der Waals surface area (Å²) in [5.41, 5.74) is -0.955. The fourth-order valence-electron chi connectivity index (χ4n) is 1.47. The lowest BCUT2D eigenvalue weighted by atomic mass is 10.2. The van der Waals surface area contributed by atoms with Crippen molar-refractivity contribution in [2.24, 2.45) is 0 Å². The summed E-state index contributed by atoms with van der Waals surface area (Å²) in [6.07, 6.45) is -2.30. The van der Waals surface area contributed by atoms with Crippen molar-refractivity contribution < 1.29 is 27.8 Å². The molecule has 0 aliphatic heterocycles. The number of hydrogen-bond acceptors (Lipinski definition) is 4. The van der Waals surface area contributed by atoms with Crippen LogP contribution in [0.5, 0.6) is 0 Å². The molecule has 7 heteroatoms. The Morgan fingerprint density at radius 2 is 1.86 bits per heavy atom. The number of benzene rings is 1. The number of carbonyl (C=O) groups excluding carboxylic acids is 2. The third kappa shape index (κ3) is 5.76. The van der Waals surface area contributed by atoms with Gasteiger partial charge in [0.15, 0.2) is 0 Å². The first-order valence-corrected chi connectivity index (χ1v) is 6.20. The Kier molecular flexibility index (Phi) is 5.23. The van der Waals surface area contributed by atoms with Gasteiger partial charge in [0.1, 0.15) is 17.2 Å². The molecule has 0 spiro atoms. The maximum atomic E-state index is 13.7. The van der Waals surface area contributed by atoms with E-state index in [1.807, 2.05) is 0 Å². The van der Waals surface area contributed by atoms with Crippen LogP contribution >= 0.6 is 0 Å².